The summed E-state index contributed by atoms with van der Waals surface area (Å²) in [5.74, 6) is 0.500. The van der Waals surface area contributed by atoms with Gasteiger partial charge in [0.1, 0.15) is 0 Å². The maximum atomic E-state index is 11.9. The number of carbonyl (C=O) groups excluding carboxylic acids is 1. The number of hydrogen-bond donors (Lipinski definition) is 2. The Hall–Kier alpha value is -1.55. The third kappa shape index (κ3) is 3.47. The van der Waals surface area contributed by atoms with Gasteiger partial charge in [0.05, 0.1) is 13.0 Å². The van der Waals surface area contributed by atoms with Crippen LogP contribution >= 0.6 is 0 Å². The lowest BCUT2D eigenvalue weighted by molar-refractivity contribution is -0.121. The summed E-state index contributed by atoms with van der Waals surface area (Å²) in [4.78, 5) is 11.9. The lowest BCUT2D eigenvalue weighted by Gasteiger charge is -2.19. The van der Waals surface area contributed by atoms with E-state index in [0.717, 1.165) is 30.9 Å². The molecule has 0 aliphatic carbocycles. The average molecular weight is 248 g/mol. The Bertz CT molecular complexity index is 397. The van der Waals surface area contributed by atoms with E-state index in [0.29, 0.717) is 12.3 Å². The number of anilines is 1. The van der Waals surface area contributed by atoms with Crippen LogP contribution in [0.3, 0.4) is 0 Å². The van der Waals surface area contributed by atoms with Crippen molar-refractivity contribution < 1.29 is 9.53 Å². The van der Waals surface area contributed by atoms with Crippen LogP contribution in [0.1, 0.15) is 18.9 Å². The molecule has 0 aromatic heterocycles. The molecule has 4 heteroatoms. The van der Waals surface area contributed by atoms with Gasteiger partial charge in [0.25, 0.3) is 0 Å². The number of benzene rings is 1. The zero-order chi connectivity index (χ0) is 13.0. The highest BCUT2D eigenvalue weighted by Gasteiger charge is 2.23. The van der Waals surface area contributed by atoms with Crippen LogP contribution in [0.4, 0.5) is 5.69 Å². The predicted octanol–water partition coefficient (Wildman–Crippen LogP) is 1.35. The fraction of sp³-hybridized carbons (Fsp3) is 0.500. The van der Waals surface area contributed by atoms with Crippen LogP contribution in [0, 0.1) is 5.92 Å². The summed E-state index contributed by atoms with van der Waals surface area (Å²) < 4.78 is 5.33. The highest BCUT2D eigenvalue weighted by molar-refractivity contribution is 5.79. The minimum Gasteiger partial charge on any atom is -0.399 e. The van der Waals surface area contributed by atoms with E-state index in [1.54, 1.807) is 0 Å². The van der Waals surface area contributed by atoms with Crippen molar-refractivity contribution in [3.63, 3.8) is 0 Å². The molecule has 0 bridgehead atoms. The van der Waals surface area contributed by atoms with Gasteiger partial charge in [-0.3, -0.25) is 4.79 Å². The quantitative estimate of drug-likeness (QED) is 0.791. The summed E-state index contributed by atoms with van der Waals surface area (Å²) in [6.07, 6.45) is 1.43. The fourth-order valence-corrected chi connectivity index (χ4v) is 2.19. The van der Waals surface area contributed by atoms with Crippen molar-refractivity contribution in [1.29, 1.82) is 0 Å². The molecule has 98 valence electrons. The zero-order valence-corrected chi connectivity index (χ0v) is 10.7. The molecule has 1 saturated heterocycles. The number of nitrogen functional groups attached to an aromatic ring is 1. The summed E-state index contributed by atoms with van der Waals surface area (Å²) >= 11 is 0. The standard InChI is InChI=1S/C14H20N2O2/c1-10(12-6-7-18-9-12)16-14(17)8-11-2-4-13(15)5-3-11/h2-5,10,12H,6-9,15H2,1H3,(H,16,17). The molecule has 1 amide bonds. The molecule has 1 aromatic carbocycles. The Morgan fingerprint density at radius 3 is 2.83 bits per heavy atom. The van der Waals surface area contributed by atoms with Crippen LogP contribution in [-0.4, -0.2) is 25.2 Å². The van der Waals surface area contributed by atoms with E-state index in [4.69, 9.17) is 10.5 Å². The van der Waals surface area contributed by atoms with Gasteiger partial charge in [0, 0.05) is 24.3 Å². The summed E-state index contributed by atoms with van der Waals surface area (Å²) in [6, 6.07) is 7.58. The van der Waals surface area contributed by atoms with Crippen LogP contribution in [0.2, 0.25) is 0 Å². The molecule has 2 rings (SSSR count). The van der Waals surface area contributed by atoms with E-state index < -0.39 is 0 Å². The van der Waals surface area contributed by atoms with Crippen LogP contribution in [0.25, 0.3) is 0 Å². The molecule has 2 atom stereocenters. The van der Waals surface area contributed by atoms with Crippen molar-refractivity contribution in [1.82, 2.24) is 5.32 Å². The zero-order valence-electron chi connectivity index (χ0n) is 10.7. The second kappa shape index (κ2) is 5.87. The van der Waals surface area contributed by atoms with Gasteiger partial charge < -0.3 is 15.8 Å². The molecule has 4 nitrogen and oxygen atoms in total. The molecule has 0 spiro atoms. The largest absolute Gasteiger partial charge is 0.399 e. The van der Waals surface area contributed by atoms with Crippen molar-refractivity contribution >= 4 is 11.6 Å². The van der Waals surface area contributed by atoms with Gasteiger partial charge >= 0.3 is 0 Å². The maximum absolute atomic E-state index is 11.9. The maximum Gasteiger partial charge on any atom is 0.224 e. The lowest BCUT2D eigenvalue weighted by atomic mass is 10.0. The topological polar surface area (TPSA) is 64.4 Å². The number of rotatable bonds is 4. The Morgan fingerprint density at radius 2 is 2.22 bits per heavy atom. The van der Waals surface area contributed by atoms with Gasteiger partial charge in [-0.05, 0) is 31.0 Å². The molecule has 0 radical (unpaired) electrons. The normalized spacial score (nSPS) is 20.6. The first-order valence-corrected chi connectivity index (χ1v) is 6.36. The molecule has 1 aromatic rings. The smallest absolute Gasteiger partial charge is 0.224 e. The van der Waals surface area contributed by atoms with E-state index in [1.807, 2.05) is 31.2 Å². The SMILES string of the molecule is CC(NC(=O)Cc1ccc(N)cc1)C1CCOC1. The summed E-state index contributed by atoms with van der Waals surface area (Å²) in [5.41, 5.74) is 7.31. The minimum absolute atomic E-state index is 0.0548. The van der Waals surface area contributed by atoms with Gasteiger partial charge in [0.15, 0.2) is 0 Å². The summed E-state index contributed by atoms with van der Waals surface area (Å²) in [6.45, 7) is 3.60. The first kappa shape index (κ1) is 12.9. The van der Waals surface area contributed by atoms with Crippen LogP contribution in [0.5, 0.6) is 0 Å². The Morgan fingerprint density at radius 1 is 1.50 bits per heavy atom. The number of nitrogens with two attached hydrogens (primary N) is 1. The van der Waals surface area contributed by atoms with Crippen LogP contribution < -0.4 is 11.1 Å². The highest BCUT2D eigenvalue weighted by Crippen LogP contribution is 2.16. The molecular weight excluding hydrogens is 228 g/mol. The first-order chi connectivity index (χ1) is 8.65. The van der Waals surface area contributed by atoms with Crippen LogP contribution in [-0.2, 0) is 16.0 Å². The predicted molar refractivity (Wildman–Crippen MR) is 71.1 cm³/mol. The Kier molecular flexibility index (Phi) is 4.20. The second-order valence-corrected chi connectivity index (χ2v) is 4.90. The molecule has 1 aliphatic heterocycles. The van der Waals surface area contributed by atoms with E-state index in [-0.39, 0.29) is 11.9 Å². The van der Waals surface area contributed by atoms with Gasteiger partial charge in [0.2, 0.25) is 5.91 Å². The molecule has 18 heavy (non-hydrogen) atoms. The molecule has 1 heterocycles. The van der Waals surface area contributed by atoms with Crippen molar-refractivity contribution in [2.75, 3.05) is 18.9 Å². The second-order valence-electron chi connectivity index (χ2n) is 4.90. The van der Waals surface area contributed by atoms with Crippen LogP contribution in [0.15, 0.2) is 24.3 Å². The molecule has 1 aliphatic rings. The molecule has 1 fully saturated rings. The van der Waals surface area contributed by atoms with E-state index in [1.165, 1.54) is 0 Å². The van der Waals surface area contributed by atoms with Gasteiger partial charge in [-0.15, -0.1) is 0 Å². The average Bonchev–Trinajstić information content (AvgIpc) is 2.85. The molecule has 3 N–H and O–H groups in total. The molecule has 0 saturated carbocycles. The summed E-state index contributed by atoms with van der Waals surface area (Å²) in [5, 5.41) is 3.03. The number of ether oxygens (including phenoxy) is 1. The lowest BCUT2D eigenvalue weighted by Crippen LogP contribution is -2.39. The van der Waals surface area contributed by atoms with Gasteiger partial charge in [-0.1, -0.05) is 12.1 Å². The van der Waals surface area contributed by atoms with Gasteiger partial charge in [-0.25, -0.2) is 0 Å². The molecular formula is C14H20N2O2. The van der Waals surface area contributed by atoms with Crippen molar-refractivity contribution in [2.24, 2.45) is 5.92 Å². The summed E-state index contributed by atoms with van der Waals surface area (Å²) in [7, 11) is 0. The van der Waals surface area contributed by atoms with E-state index >= 15 is 0 Å². The first-order valence-electron chi connectivity index (χ1n) is 6.36. The fourth-order valence-electron chi connectivity index (χ4n) is 2.19. The van der Waals surface area contributed by atoms with Gasteiger partial charge in [-0.2, -0.15) is 0 Å². The van der Waals surface area contributed by atoms with Crippen molar-refractivity contribution in [3.05, 3.63) is 29.8 Å². The van der Waals surface area contributed by atoms with Crippen molar-refractivity contribution in [3.8, 4) is 0 Å². The minimum atomic E-state index is 0.0548. The Balaban J connectivity index is 1.82. The third-order valence-electron chi connectivity index (χ3n) is 3.41. The third-order valence-corrected chi connectivity index (χ3v) is 3.41. The monoisotopic (exact) mass is 248 g/mol. The number of amides is 1. The highest BCUT2D eigenvalue weighted by atomic mass is 16.5. The Labute approximate surface area is 108 Å². The van der Waals surface area contributed by atoms with Crippen molar-refractivity contribution in [2.45, 2.75) is 25.8 Å². The van der Waals surface area contributed by atoms with E-state index in [9.17, 15) is 4.79 Å². The number of nitrogens with one attached hydrogen (secondary N) is 1. The van der Waals surface area contributed by atoms with E-state index in [2.05, 4.69) is 5.32 Å². The molecule has 2 unspecified atom stereocenters. The number of carbonyl (C=O) groups is 1. The number of hydrogen-bond acceptors (Lipinski definition) is 3.